The molecule has 0 aromatic heterocycles. The summed E-state index contributed by atoms with van der Waals surface area (Å²) in [7, 11) is 0. The summed E-state index contributed by atoms with van der Waals surface area (Å²) in [6, 6.07) is 11.8. The summed E-state index contributed by atoms with van der Waals surface area (Å²) in [5, 5.41) is 18.4. The molecule has 4 heteroatoms. The Kier molecular flexibility index (Phi) is 5.35. The van der Waals surface area contributed by atoms with E-state index in [4.69, 9.17) is 9.84 Å². The number of nitrogens with zero attached hydrogens (tertiary/aromatic N) is 1. The summed E-state index contributed by atoms with van der Waals surface area (Å²) in [6.07, 6.45) is 3.17. The second-order valence-electron chi connectivity index (χ2n) is 5.84. The maximum absolute atomic E-state index is 12.0. The molecule has 1 N–H and O–H groups in total. The Morgan fingerprint density at radius 3 is 2.86 bits per heavy atom. The van der Waals surface area contributed by atoms with Crippen LogP contribution in [-0.4, -0.2) is 17.7 Å². The quantitative estimate of drug-likeness (QED) is 0.817. The lowest BCUT2D eigenvalue weighted by Gasteiger charge is -2.19. The Balaban J connectivity index is 1.85. The average Bonchev–Trinajstić information content (AvgIpc) is 2.90. The molecule has 1 aromatic carbocycles. The molecule has 0 radical (unpaired) electrons. The predicted molar refractivity (Wildman–Crippen MR) is 77.9 cm³/mol. The monoisotopic (exact) mass is 287 g/mol. The first-order valence-corrected chi connectivity index (χ1v) is 7.39. The lowest BCUT2D eigenvalue weighted by Crippen LogP contribution is -2.21. The van der Waals surface area contributed by atoms with Crippen molar-refractivity contribution in [3.05, 3.63) is 35.9 Å². The highest BCUT2D eigenvalue weighted by Crippen LogP contribution is 2.45. The van der Waals surface area contributed by atoms with E-state index in [1.807, 2.05) is 30.3 Å². The Morgan fingerprint density at radius 2 is 2.19 bits per heavy atom. The smallest absolute Gasteiger partial charge is 0.307 e. The number of esters is 1. The number of carbonyl (C=O) groups is 1. The van der Waals surface area contributed by atoms with E-state index in [1.165, 1.54) is 0 Å². The van der Waals surface area contributed by atoms with Crippen molar-refractivity contribution in [1.82, 2.24) is 0 Å². The third kappa shape index (κ3) is 4.30. The van der Waals surface area contributed by atoms with Crippen LogP contribution in [0.25, 0.3) is 0 Å². The van der Waals surface area contributed by atoms with E-state index in [9.17, 15) is 10.1 Å². The number of aliphatic hydroxyl groups is 1. The molecule has 2 atom stereocenters. The van der Waals surface area contributed by atoms with E-state index < -0.39 is 5.41 Å². The van der Waals surface area contributed by atoms with Gasteiger partial charge in [-0.1, -0.05) is 30.3 Å². The highest BCUT2D eigenvalue weighted by Gasteiger charge is 2.41. The van der Waals surface area contributed by atoms with Crippen LogP contribution in [0.2, 0.25) is 0 Å². The van der Waals surface area contributed by atoms with Crippen LogP contribution >= 0.6 is 0 Å². The number of hydrogen-bond acceptors (Lipinski definition) is 4. The van der Waals surface area contributed by atoms with Crippen molar-refractivity contribution in [2.24, 2.45) is 11.3 Å². The number of carbonyl (C=O) groups excluding carboxylic acids is 1. The molecule has 0 bridgehead atoms. The Bertz CT molecular complexity index is 509. The fourth-order valence-corrected chi connectivity index (χ4v) is 3.03. The van der Waals surface area contributed by atoms with Gasteiger partial charge in [0, 0.05) is 6.61 Å². The second kappa shape index (κ2) is 7.24. The van der Waals surface area contributed by atoms with Gasteiger partial charge in [0.2, 0.25) is 0 Å². The number of rotatable bonds is 6. The molecule has 0 amide bonds. The van der Waals surface area contributed by atoms with Gasteiger partial charge in [0.15, 0.2) is 0 Å². The first kappa shape index (κ1) is 15.5. The molecular weight excluding hydrogens is 266 g/mol. The normalized spacial score (nSPS) is 24.5. The lowest BCUT2D eigenvalue weighted by molar-refractivity contribution is -0.147. The molecule has 0 saturated heterocycles. The van der Waals surface area contributed by atoms with Gasteiger partial charge in [-0.3, -0.25) is 4.79 Å². The minimum absolute atomic E-state index is 0.143. The molecule has 0 heterocycles. The summed E-state index contributed by atoms with van der Waals surface area (Å²) in [6.45, 7) is 0.395. The van der Waals surface area contributed by atoms with Gasteiger partial charge >= 0.3 is 5.97 Å². The van der Waals surface area contributed by atoms with Gasteiger partial charge in [0.05, 0.1) is 17.9 Å². The van der Waals surface area contributed by atoms with Crippen LogP contribution in [0.1, 0.15) is 37.7 Å². The van der Waals surface area contributed by atoms with E-state index in [0.29, 0.717) is 25.2 Å². The Labute approximate surface area is 125 Å². The maximum Gasteiger partial charge on any atom is 0.307 e. The second-order valence-corrected chi connectivity index (χ2v) is 5.84. The number of hydrogen-bond donors (Lipinski definition) is 1. The van der Waals surface area contributed by atoms with Crippen molar-refractivity contribution in [2.75, 3.05) is 6.61 Å². The molecule has 1 fully saturated rings. The van der Waals surface area contributed by atoms with Crippen molar-refractivity contribution in [3.63, 3.8) is 0 Å². The number of benzene rings is 1. The van der Waals surface area contributed by atoms with Crippen LogP contribution in [0.3, 0.4) is 0 Å². The van der Waals surface area contributed by atoms with E-state index >= 15 is 0 Å². The first-order chi connectivity index (χ1) is 10.2. The fourth-order valence-electron chi connectivity index (χ4n) is 3.03. The largest absolute Gasteiger partial charge is 0.461 e. The molecule has 1 aromatic rings. The van der Waals surface area contributed by atoms with Crippen LogP contribution in [0.15, 0.2) is 30.3 Å². The number of nitriles is 1. The van der Waals surface area contributed by atoms with Gasteiger partial charge in [-0.15, -0.1) is 0 Å². The topological polar surface area (TPSA) is 70.3 Å². The van der Waals surface area contributed by atoms with Gasteiger partial charge in [0.25, 0.3) is 0 Å². The molecule has 1 aliphatic rings. The summed E-state index contributed by atoms with van der Waals surface area (Å²) < 4.78 is 5.27. The molecule has 1 saturated carbocycles. The summed E-state index contributed by atoms with van der Waals surface area (Å²) in [4.78, 5) is 12.0. The molecule has 21 heavy (non-hydrogen) atoms. The molecule has 0 aliphatic heterocycles. The third-order valence-electron chi connectivity index (χ3n) is 4.21. The van der Waals surface area contributed by atoms with Crippen molar-refractivity contribution in [3.8, 4) is 6.07 Å². The van der Waals surface area contributed by atoms with Crippen LogP contribution in [-0.2, 0) is 16.1 Å². The van der Waals surface area contributed by atoms with Crippen molar-refractivity contribution in [1.29, 1.82) is 5.26 Å². The predicted octanol–water partition coefficient (Wildman–Crippen LogP) is 2.81. The highest BCUT2D eigenvalue weighted by atomic mass is 16.5. The zero-order chi connectivity index (χ0) is 15.1. The Hall–Kier alpha value is -1.86. The molecule has 4 nitrogen and oxygen atoms in total. The summed E-state index contributed by atoms with van der Waals surface area (Å²) >= 11 is 0. The summed E-state index contributed by atoms with van der Waals surface area (Å²) in [5.41, 5.74) is 0.342. The maximum atomic E-state index is 12.0. The fraction of sp³-hybridized carbons (Fsp3) is 0.529. The third-order valence-corrected chi connectivity index (χ3v) is 4.21. The van der Waals surface area contributed by atoms with Crippen LogP contribution in [0.4, 0.5) is 0 Å². The zero-order valence-electron chi connectivity index (χ0n) is 12.1. The Morgan fingerprint density at radius 1 is 1.43 bits per heavy atom. The lowest BCUT2D eigenvalue weighted by atomic mass is 9.83. The van der Waals surface area contributed by atoms with Gasteiger partial charge < -0.3 is 9.84 Å². The molecule has 112 valence electrons. The molecule has 1 aliphatic carbocycles. The van der Waals surface area contributed by atoms with Crippen LogP contribution in [0, 0.1) is 22.7 Å². The SMILES string of the molecule is N#CC1(CC(=O)OCc2ccccc2)CCC(CCO)C1. The molecular formula is C17H21NO3. The standard InChI is InChI=1S/C17H21NO3/c18-13-17(8-6-14(10-17)7-9-19)11-16(20)21-12-15-4-2-1-3-5-15/h1-5,14,19H,6-12H2. The van der Waals surface area contributed by atoms with Gasteiger partial charge in [-0.25, -0.2) is 0 Å². The van der Waals surface area contributed by atoms with Crippen molar-refractivity contribution >= 4 is 5.97 Å². The van der Waals surface area contributed by atoms with Gasteiger partial charge in [0.1, 0.15) is 6.61 Å². The van der Waals surface area contributed by atoms with Crippen molar-refractivity contribution in [2.45, 2.75) is 38.7 Å². The zero-order valence-corrected chi connectivity index (χ0v) is 12.1. The van der Waals surface area contributed by atoms with E-state index in [1.54, 1.807) is 0 Å². The van der Waals surface area contributed by atoms with E-state index in [0.717, 1.165) is 12.0 Å². The number of ether oxygens (including phenoxy) is 1. The molecule has 2 unspecified atom stereocenters. The molecule has 2 rings (SSSR count). The number of aliphatic hydroxyl groups excluding tert-OH is 1. The van der Waals surface area contributed by atoms with E-state index in [-0.39, 0.29) is 25.6 Å². The highest BCUT2D eigenvalue weighted by molar-refractivity contribution is 5.71. The minimum atomic E-state index is -0.604. The van der Waals surface area contributed by atoms with E-state index in [2.05, 4.69) is 6.07 Å². The van der Waals surface area contributed by atoms with Gasteiger partial charge in [-0.2, -0.15) is 5.26 Å². The van der Waals surface area contributed by atoms with Gasteiger partial charge in [-0.05, 0) is 37.2 Å². The van der Waals surface area contributed by atoms with Crippen LogP contribution < -0.4 is 0 Å². The minimum Gasteiger partial charge on any atom is -0.461 e. The van der Waals surface area contributed by atoms with Crippen LogP contribution in [0.5, 0.6) is 0 Å². The van der Waals surface area contributed by atoms with Crippen molar-refractivity contribution < 1.29 is 14.6 Å². The molecule has 0 spiro atoms. The summed E-state index contributed by atoms with van der Waals surface area (Å²) in [5.74, 6) is 0.0293. The first-order valence-electron chi connectivity index (χ1n) is 7.39. The average molecular weight is 287 g/mol.